The smallest absolute Gasteiger partial charge is 0.165 e. The van der Waals surface area contributed by atoms with Crippen LogP contribution in [0.3, 0.4) is 0 Å². The van der Waals surface area contributed by atoms with Crippen LogP contribution in [0.4, 0.5) is 4.39 Å². The molecule has 4 rings (SSSR count). The maximum absolute atomic E-state index is 13.9. The second-order valence-corrected chi connectivity index (χ2v) is 7.56. The highest BCUT2D eigenvalue weighted by molar-refractivity contribution is 5.72. The fourth-order valence-electron chi connectivity index (χ4n) is 3.67. The third-order valence-electron chi connectivity index (χ3n) is 5.41. The van der Waals surface area contributed by atoms with Gasteiger partial charge in [0.05, 0.1) is 41.5 Å². The van der Waals surface area contributed by atoms with E-state index in [0.29, 0.717) is 39.3 Å². The van der Waals surface area contributed by atoms with Gasteiger partial charge in [-0.05, 0) is 53.6 Å². The van der Waals surface area contributed by atoms with Crippen LogP contribution >= 0.6 is 0 Å². The Morgan fingerprint density at radius 3 is 2.39 bits per heavy atom. The summed E-state index contributed by atoms with van der Waals surface area (Å²) >= 11 is 0. The van der Waals surface area contributed by atoms with Gasteiger partial charge in [-0.3, -0.25) is 0 Å². The lowest BCUT2D eigenvalue weighted by Crippen LogP contribution is -2.36. The van der Waals surface area contributed by atoms with Crippen LogP contribution in [-0.2, 0) is 12.6 Å². The number of imidazole rings is 1. The number of rotatable bonds is 6. The number of aliphatic hydroxyl groups is 1. The number of halogens is 1. The van der Waals surface area contributed by atoms with Gasteiger partial charge >= 0.3 is 0 Å². The summed E-state index contributed by atoms with van der Waals surface area (Å²) in [5.74, 6) is -0.0291. The average molecular weight is 438 g/mol. The predicted molar refractivity (Wildman–Crippen MR) is 119 cm³/mol. The minimum atomic E-state index is -1.59. The molecule has 0 saturated heterocycles. The fraction of sp³-hybridized carbons (Fsp3) is 0.115. The van der Waals surface area contributed by atoms with Gasteiger partial charge in [0.15, 0.2) is 5.60 Å². The number of hydrogen-bond donors (Lipinski definition) is 1. The molecule has 33 heavy (non-hydrogen) atoms. The quantitative estimate of drug-likeness (QED) is 0.485. The van der Waals surface area contributed by atoms with E-state index in [1.165, 1.54) is 12.1 Å². The summed E-state index contributed by atoms with van der Waals surface area (Å²) in [6.45, 7) is -0.188. The summed E-state index contributed by atoms with van der Waals surface area (Å²) in [6, 6.07) is 21.6. The van der Waals surface area contributed by atoms with Crippen molar-refractivity contribution in [2.75, 3.05) is 6.61 Å². The zero-order chi connectivity index (χ0) is 23.4. The second kappa shape index (κ2) is 8.96. The molecule has 162 valence electrons. The van der Waals surface area contributed by atoms with Gasteiger partial charge in [-0.1, -0.05) is 24.3 Å². The van der Waals surface area contributed by atoms with E-state index in [2.05, 4.69) is 17.1 Å². The molecular weight excluding hydrogens is 419 g/mol. The summed E-state index contributed by atoms with van der Waals surface area (Å²) in [5, 5.41) is 30.2. The Kier molecular flexibility index (Phi) is 5.91. The molecule has 1 N–H and O–H groups in total. The topological polar surface area (TPSA) is 94.9 Å². The summed E-state index contributed by atoms with van der Waals surface area (Å²) < 4.78 is 21.7. The summed E-state index contributed by atoms with van der Waals surface area (Å²) in [6.07, 6.45) is 3.12. The molecule has 0 bridgehead atoms. The number of ether oxygens (including phenoxy) is 1. The van der Waals surface area contributed by atoms with E-state index in [0.717, 1.165) is 0 Å². The maximum atomic E-state index is 13.9. The van der Waals surface area contributed by atoms with Gasteiger partial charge in [0, 0.05) is 12.6 Å². The van der Waals surface area contributed by atoms with Crippen LogP contribution in [0.1, 0.15) is 22.4 Å². The highest BCUT2D eigenvalue weighted by atomic mass is 19.1. The minimum Gasteiger partial charge on any atom is -0.489 e. The number of nitrogens with zero attached hydrogens (tertiary/aromatic N) is 4. The fourth-order valence-corrected chi connectivity index (χ4v) is 3.67. The molecule has 0 aliphatic rings. The van der Waals surface area contributed by atoms with Crippen molar-refractivity contribution in [1.29, 1.82) is 10.5 Å². The Hall–Kier alpha value is -4.46. The van der Waals surface area contributed by atoms with Crippen molar-refractivity contribution in [2.24, 2.45) is 7.05 Å². The van der Waals surface area contributed by atoms with E-state index >= 15 is 0 Å². The molecular formula is C26H19FN4O2. The van der Waals surface area contributed by atoms with E-state index in [1.807, 2.05) is 0 Å². The minimum absolute atomic E-state index is 0.188. The van der Waals surface area contributed by atoms with E-state index in [1.54, 1.807) is 78.7 Å². The molecule has 0 fully saturated rings. The number of nitriles is 2. The molecule has 0 saturated carbocycles. The molecule has 1 unspecified atom stereocenters. The van der Waals surface area contributed by atoms with Crippen LogP contribution in [0, 0.1) is 28.5 Å². The first kappa shape index (κ1) is 21.8. The van der Waals surface area contributed by atoms with Crippen molar-refractivity contribution >= 4 is 0 Å². The number of aromatic nitrogens is 2. The molecule has 1 aromatic heterocycles. The van der Waals surface area contributed by atoms with Crippen LogP contribution in [0.2, 0.25) is 0 Å². The van der Waals surface area contributed by atoms with Gasteiger partial charge in [-0.25, -0.2) is 9.37 Å². The SMILES string of the molecule is Cn1cncc1C(O)(COc1ccc(C#N)cc1-c1cccc(F)c1)c1ccc(C#N)cc1. The van der Waals surface area contributed by atoms with Gasteiger partial charge in [0.25, 0.3) is 0 Å². The van der Waals surface area contributed by atoms with Crippen LogP contribution < -0.4 is 4.74 Å². The van der Waals surface area contributed by atoms with Gasteiger partial charge in [0.1, 0.15) is 18.2 Å². The van der Waals surface area contributed by atoms with E-state index in [9.17, 15) is 14.8 Å². The van der Waals surface area contributed by atoms with Gasteiger partial charge in [-0.2, -0.15) is 10.5 Å². The maximum Gasteiger partial charge on any atom is 0.165 e. The largest absolute Gasteiger partial charge is 0.489 e. The number of benzene rings is 3. The molecule has 0 radical (unpaired) electrons. The van der Waals surface area contributed by atoms with Crippen molar-refractivity contribution in [2.45, 2.75) is 5.60 Å². The Bertz CT molecular complexity index is 1380. The summed E-state index contributed by atoms with van der Waals surface area (Å²) in [7, 11) is 1.76. The highest BCUT2D eigenvalue weighted by Gasteiger charge is 2.36. The molecule has 3 aromatic carbocycles. The highest BCUT2D eigenvalue weighted by Crippen LogP contribution is 2.35. The van der Waals surface area contributed by atoms with Crippen LogP contribution in [0.15, 0.2) is 79.3 Å². The molecule has 0 amide bonds. The standard InChI is InChI=1S/C26H19FN4O2/c1-31-17-30-15-25(31)26(32,21-8-5-18(13-28)6-9-21)16-33-24-10-7-19(14-29)11-23(24)20-3-2-4-22(27)12-20/h2-12,15,17,32H,16H2,1H3. The second-order valence-electron chi connectivity index (χ2n) is 7.56. The van der Waals surface area contributed by atoms with E-state index in [4.69, 9.17) is 10.00 Å². The van der Waals surface area contributed by atoms with Crippen LogP contribution in [0.5, 0.6) is 5.75 Å². The predicted octanol–water partition coefficient (Wildman–Crippen LogP) is 4.28. The zero-order valence-corrected chi connectivity index (χ0v) is 17.7. The normalized spacial score (nSPS) is 12.4. The van der Waals surface area contributed by atoms with Gasteiger partial charge in [0.2, 0.25) is 0 Å². The molecule has 0 aliphatic carbocycles. The van der Waals surface area contributed by atoms with Gasteiger partial charge < -0.3 is 14.4 Å². The summed E-state index contributed by atoms with van der Waals surface area (Å²) in [5.41, 5.74) is 1.36. The first-order valence-corrected chi connectivity index (χ1v) is 10.1. The third kappa shape index (κ3) is 4.31. The lowest BCUT2D eigenvalue weighted by atomic mass is 9.90. The Morgan fingerprint density at radius 1 is 1.03 bits per heavy atom. The van der Waals surface area contributed by atoms with E-state index in [-0.39, 0.29) is 6.61 Å². The molecule has 0 aliphatic heterocycles. The Labute approximate surface area is 190 Å². The molecule has 6 nitrogen and oxygen atoms in total. The van der Waals surface area contributed by atoms with Crippen LogP contribution in [-0.4, -0.2) is 21.3 Å². The van der Waals surface area contributed by atoms with Crippen molar-refractivity contribution in [1.82, 2.24) is 9.55 Å². The van der Waals surface area contributed by atoms with Crippen molar-refractivity contribution < 1.29 is 14.2 Å². The number of hydrogen-bond acceptors (Lipinski definition) is 5. The zero-order valence-electron chi connectivity index (χ0n) is 17.7. The first-order valence-electron chi connectivity index (χ1n) is 10.1. The van der Waals surface area contributed by atoms with Gasteiger partial charge in [-0.15, -0.1) is 0 Å². The molecule has 0 spiro atoms. The molecule has 7 heteroatoms. The number of aryl methyl sites for hydroxylation is 1. The van der Waals surface area contributed by atoms with Crippen molar-refractivity contribution in [3.05, 3.63) is 107 Å². The third-order valence-corrected chi connectivity index (χ3v) is 5.41. The Morgan fingerprint density at radius 2 is 1.76 bits per heavy atom. The lowest BCUT2D eigenvalue weighted by molar-refractivity contribution is 0.0218. The van der Waals surface area contributed by atoms with Crippen LogP contribution in [0.25, 0.3) is 11.1 Å². The summed E-state index contributed by atoms with van der Waals surface area (Å²) in [4.78, 5) is 4.12. The van der Waals surface area contributed by atoms with Crippen molar-refractivity contribution in [3.8, 4) is 29.0 Å². The first-order chi connectivity index (χ1) is 15.9. The average Bonchev–Trinajstić information content (AvgIpc) is 3.29. The molecule has 1 atom stereocenters. The Balaban J connectivity index is 1.75. The monoisotopic (exact) mass is 438 g/mol. The van der Waals surface area contributed by atoms with Crippen molar-refractivity contribution in [3.63, 3.8) is 0 Å². The molecule has 1 heterocycles. The molecule has 4 aromatic rings. The van der Waals surface area contributed by atoms with E-state index < -0.39 is 11.4 Å². The lowest BCUT2D eigenvalue weighted by Gasteiger charge is -2.29.